The molecule has 0 saturated carbocycles. The van der Waals surface area contributed by atoms with Crippen LogP contribution >= 0.6 is 0 Å². The van der Waals surface area contributed by atoms with Crippen molar-refractivity contribution in [1.82, 2.24) is 0 Å². The van der Waals surface area contributed by atoms with Gasteiger partial charge < -0.3 is 10.5 Å². The van der Waals surface area contributed by atoms with Crippen LogP contribution in [-0.2, 0) is 6.42 Å². The molecular formula is C9H12NO. The Morgan fingerprint density at radius 2 is 2.45 bits per heavy atom. The first-order valence-corrected chi connectivity index (χ1v) is 3.62. The number of hydrogen-bond donors (Lipinski definition) is 1. The zero-order valence-corrected chi connectivity index (χ0v) is 6.63. The number of ether oxygens (including phenoxy) is 1. The third-order valence-electron chi connectivity index (χ3n) is 1.52. The summed E-state index contributed by atoms with van der Waals surface area (Å²) in [5.41, 5.74) is 6.54. The van der Waals surface area contributed by atoms with E-state index in [1.165, 1.54) is 0 Å². The number of methoxy groups -OCH3 is 1. The van der Waals surface area contributed by atoms with E-state index < -0.39 is 0 Å². The van der Waals surface area contributed by atoms with Gasteiger partial charge in [0.1, 0.15) is 5.75 Å². The van der Waals surface area contributed by atoms with Crippen LogP contribution in [0, 0.1) is 6.07 Å². The van der Waals surface area contributed by atoms with Crippen LogP contribution in [0.25, 0.3) is 0 Å². The number of para-hydroxylation sites is 1. The molecule has 11 heavy (non-hydrogen) atoms. The molecule has 1 radical (unpaired) electrons. The third kappa shape index (κ3) is 1.95. The van der Waals surface area contributed by atoms with Crippen molar-refractivity contribution in [3.05, 3.63) is 29.8 Å². The molecule has 0 heterocycles. The highest BCUT2D eigenvalue weighted by Crippen LogP contribution is 2.15. The van der Waals surface area contributed by atoms with E-state index in [0.717, 1.165) is 17.7 Å². The van der Waals surface area contributed by atoms with Gasteiger partial charge in [-0.3, -0.25) is 0 Å². The molecule has 1 aromatic rings. The summed E-state index contributed by atoms with van der Waals surface area (Å²) in [4.78, 5) is 0. The predicted molar refractivity (Wildman–Crippen MR) is 44.6 cm³/mol. The summed E-state index contributed by atoms with van der Waals surface area (Å²) < 4.78 is 5.09. The van der Waals surface area contributed by atoms with Crippen LogP contribution < -0.4 is 10.5 Å². The summed E-state index contributed by atoms with van der Waals surface area (Å²) in [7, 11) is 1.64. The average molecular weight is 150 g/mol. The highest BCUT2D eigenvalue weighted by Gasteiger charge is 1.98. The van der Waals surface area contributed by atoms with Crippen molar-refractivity contribution in [3.8, 4) is 5.75 Å². The summed E-state index contributed by atoms with van der Waals surface area (Å²) in [6.45, 7) is 0.647. The number of rotatable bonds is 3. The van der Waals surface area contributed by atoms with E-state index in [4.69, 9.17) is 10.5 Å². The summed E-state index contributed by atoms with van der Waals surface area (Å²) in [6, 6.07) is 8.77. The molecule has 0 amide bonds. The Hall–Kier alpha value is -1.02. The van der Waals surface area contributed by atoms with Gasteiger partial charge in [-0.2, -0.15) is 0 Å². The van der Waals surface area contributed by atoms with E-state index in [1.54, 1.807) is 7.11 Å². The van der Waals surface area contributed by atoms with Gasteiger partial charge in [-0.05, 0) is 18.5 Å². The van der Waals surface area contributed by atoms with Gasteiger partial charge in [0.05, 0.1) is 7.11 Å². The van der Waals surface area contributed by atoms with Crippen molar-refractivity contribution in [2.45, 2.75) is 6.42 Å². The molecule has 0 aromatic heterocycles. The van der Waals surface area contributed by atoms with Crippen molar-refractivity contribution >= 4 is 0 Å². The number of hydrogen-bond acceptors (Lipinski definition) is 2. The highest BCUT2D eigenvalue weighted by molar-refractivity contribution is 5.32. The molecule has 2 nitrogen and oxygen atoms in total. The van der Waals surface area contributed by atoms with Crippen LogP contribution in [0.3, 0.4) is 0 Å². The monoisotopic (exact) mass is 150 g/mol. The molecule has 0 atom stereocenters. The molecule has 0 unspecified atom stereocenters. The van der Waals surface area contributed by atoms with Crippen LogP contribution in [0.1, 0.15) is 5.56 Å². The van der Waals surface area contributed by atoms with E-state index in [2.05, 4.69) is 6.07 Å². The van der Waals surface area contributed by atoms with Crippen molar-refractivity contribution in [3.63, 3.8) is 0 Å². The van der Waals surface area contributed by atoms with E-state index >= 15 is 0 Å². The van der Waals surface area contributed by atoms with E-state index in [1.807, 2.05) is 18.2 Å². The maximum absolute atomic E-state index is 5.41. The Kier molecular flexibility index (Phi) is 2.93. The lowest BCUT2D eigenvalue weighted by molar-refractivity contribution is 0.409. The first-order chi connectivity index (χ1) is 5.38. The van der Waals surface area contributed by atoms with Crippen LogP contribution in [0.15, 0.2) is 18.2 Å². The summed E-state index contributed by atoms with van der Waals surface area (Å²) in [5, 5.41) is 0. The van der Waals surface area contributed by atoms with Gasteiger partial charge in [0.15, 0.2) is 0 Å². The number of benzene rings is 1. The molecule has 0 spiro atoms. The minimum Gasteiger partial charge on any atom is -0.496 e. The topological polar surface area (TPSA) is 35.2 Å². The highest BCUT2D eigenvalue weighted by atomic mass is 16.5. The average Bonchev–Trinajstić information content (AvgIpc) is 2.06. The lowest BCUT2D eigenvalue weighted by atomic mass is 10.1. The molecule has 1 aromatic carbocycles. The Balaban J connectivity index is 2.83. The van der Waals surface area contributed by atoms with Crippen LogP contribution in [0.4, 0.5) is 0 Å². The third-order valence-corrected chi connectivity index (χ3v) is 1.52. The molecule has 2 heteroatoms. The summed E-state index contributed by atoms with van der Waals surface area (Å²) in [5.74, 6) is 0.804. The Labute approximate surface area is 67.0 Å². The van der Waals surface area contributed by atoms with Gasteiger partial charge in [-0.1, -0.05) is 18.2 Å². The molecule has 0 aliphatic rings. The zero-order valence-electron chi connectivity index (χ0n) is 6.63. The van der Waals surface area contributed by atoms with Gasteiger partial charge in [0.25, 0.3) is 0 Å². The standard InChI is InChI=1S/C9H12NO/c1-11-9-5-3-2-4-8(9)6-7-10/h2-4H,6-7,10H2,1H3. The fourth-order valence-electron chi connectivity index (χ4n) is 0.999. The molecule has 0 fully saturated rings. The fraction of sp³-hybridized carbons (Fsp3) is 0.333. The largest absolute Gasteiger partial charge is 0.496 e. The van der Waals surface area contributed by atoms with Crippen molar-refractivity contribution < 1.29 is 4.74 Å². The minimum absolute atomic E-state index is 0.647. The SMILES string of the molecule is COc1[c]cccc1CCN. The van der Waals surface area contributed by atoms with Gasteiger partial charge in [0.2, 0.25) is 0 Å². The fourth-order valence-corrected chi connectivity index (χ4v) is 0.999. The number of nitrogens with two attached hydrogens (primary N) is 1. The molecule has 0 aliphatic carbocycles. The predicted octanol–water partition coefficient (Wildman–Crippen LogP) is 0.997. The molecule has 59 valence electrons. The minimum atomic E-state index is 0.647. The Bertz CT molecular complexity index is 223. The van der Waals surface area contributed by atoms with Crippen LogP contribution in [0.5, 0.6) is 5.75 Å². The smallest absolute Gasteiger partial charge is 0.130 e. The van der Waals surface area contributed by atoms with Gasteiger partial charge in [-0.15, -0.1) is 0 Å². The molecule has 0 bridgehead atoms. The Morgan fingerprint density at radius 1 is 1.64 bits per heavy atom. The molecule has 1 rings (SSSR count). The van der Waals surface area contributed by atoms with Gasteiger partial charge in [0, 0.05) is 6.07 Å². The van der Waals surface area contributed by atoms with Crippen molar-refractivity contribution in [2.75, 3.05) is 13.7 Å². The first-order valence-electron chi connectivity index (χ1n) is 3.62. The second-order valence-electron chi connectivity index (χ2n) is 2.27. The quantitative estimate of drug-likeness (QED) is 0.697. The summed E-state index contributed by atoms with van der Waals surface area (Å²) in [6.07, 6.45) is 0.848. The van der Waals surface area contributed by atoms with Crippen molar-refractivity contribution in [2.24, 2.45) is 5.73 Å². The summed E-state index contributed by atoms with van der Waals surface area (Å²) >= 11 is 0. The molecule has 0 saturated heterocycles. The second kappa shape index (κ2) is 3.98. The van der Waals surface area contributed by atoms with Crippen LogP contribution in [0.2, 0.25) is 0 Å². The molecule has 0 aliphatic heterocycles. The van der Waals surface area contributed by atoms with E-state index in [-0.39, 0.29) is 0 Å². The maximum Gasteiger partial charge on any atom is 0.130 e. The molecule has 2 N–H and O–H groups in total. The lowest BCUT2D eigenvalue weighted by Gasteiger charge is -2.04. The normalized spacial score (nSPS) is 9.64. The second-order valence-corrected chi connectivity index (χ2v) is 2.27. The van der Waals surface area contributed by atoms with Crippen LogP contribution in [-0.4, -0.2) is 13.7 Å². The maximum atomic E-state index is 5.41. The van der Waals surface area contributed by atoms with Gasteiger partial charge in [-0.25, -0.2) is 0 Å². The lowest BCUT2D eigenvalue weighted by Crippen LogP contribution is -2.03. The Morgan fingerprint density at radius 3 is 3.09 bits per heavy atom. The zero-order chi connectivity index (χ0) is 8.10. The van der Waals surface area contributed by atoms with Gasteiger partial charge >= 0.3 is 0 Å². The van der Waals surface area contributed by atoms with E-state index in [9.17, 15) is 0 Å². The first kappa shape index (κ1) is 8.08. The van der Waals surface area contributed by atoms with Crippen molar-refractivity contribution in [1.29, 1.82) is 0 Å². The van der Waals surface area contributed by atoms with E-state index in [0.29, 0.717) is 6.54 Å². The molecular weight excluding hydrogens is 138 g/mol.